The van der Waals surface area contributed by atoms with Gasteiger partial charge in [0.15, 0.2) is 0 Å². The molecule has 96 valence electrons. The molecule has 1 aromatic rings. The van der Waals surface area contributed by atoms with Crippen LogP contribution in [0.25, 0.3) is 0 Å². The van der Waals surface area contributed by atoms with Gasteiger partial charge in [-0.3, -0.25) is 0 Å². The fraction of sp³-hybridized carbons (Fsp3) is 0.600. The van der Waals surface area contributed by atoms with Crippen LogP contribution in [0, 0.1) is 0 Å². The summed E-state index contributed by atoms with van der Waals surface area (Å²) in [6.07, 6.45) is 6.76. The zero-order chi connectivity index (χ0) is 12.3. The van der Waals surface area contributed by atoms with E-state index in [0.29, 0.717) is 0 Å². The minimum Gasteiger partial charge on any atom is -0.393 e. The lowest BCUT2D eigenvalue weighted by molar-refractivity contribution is 0.158. The standard InChI is InChI=1S/C15H24OS/c1-2-3-4-6-9-14(16)12-13-17-15-10-7-5-8-11-15/h5,7-8,10-11,14,16H,2-4,6,9,12-13H2,1H3. The van der Waals surface area contributed by atoms with Gasteiger partial charge in [0.1, 0.15) is 0 Å². The number of hydrogen-bond acceptors (Lipinski definition) is 2. The minimum atomic E-state index is -0.108. The first-order valence-electron chi connectivity index (χ1n) is 6.69. The zero-order valence-electron chi connectivity index (χ0n) is 10.8. The molecular formula is C15H24OS. The molecule has 0 amide bonds. The number of benzene rings is 1. The summed E-state index contributed by atoms with van der Waals surface area (Å²) in [5, 5.41) is 9.81. The van der Waals surface area contributed by atoms with Gasteiger partial charge in [0.2, 0.25) is 0 Å². The molecule has 0 heterocycles. The molecular weight excluding hydrogens is 228 g/mol. The molecule has 0 aliphatic rings. The Bertz CT molecular complexity index is 274. The van der Waals surface area contributed by atoms with Crippen molar-refractivity contribution in [1.29, 1.82) is 0 Å². The summed E-state index contributed by atoms with van der Waals surface area (Å²) in [5.74, 6) is 1.01. The molecule has 1 unspecified atom stereocenters. The third-order valence-corrected chi connectivity index (χ3v) is 3.90. The van der Waals surface area contributed by atoms with E-state index >= 15 is 0 Å². The summed E-state index contributed by atoms with van der Waals surface area (Å²) >= 11 is 1.83. The van der Waals surface area contributed by atoms with Gasteiger partial charge in [-0.15, -0.1) is 11.8 Å². The normalized spacial score (nSPS) is 12.6. The van der Waals surface area contributed by atoms with E-state index in [4.69, 9.17) is 0 Å². The number of rotatable bonds is 9. The van der Waals surface area contributed by atoms with Crippen LogP contribution in [-0.2, 0) is 0 Å². The van der Waals surface area contributed by atoms with Crippen LogP contribution < -0.4 is 0 Å². The van der Waals surface area contributed by atoms with E-state index in [1.54, 1.807) is 0 Å². The summed E-state index contributed by atoms with van der Waals surface area (Å²) in [5.41, 5.74) is 0. The van der Waals surface area contributed by atoms with Crippen LogP contribution in [0.5, 0.6) is 0 Å². The molecule has 0 aromatic heterocycles. The van der Waals surface area contributed by atoms with Crippen LogP contribution in [0.15, 0.2) is 35.2 Å². The smallest absolute Gasteiger partial charge is 0.0548 e. The first kappa shape index (κ1) is 14.6. The Hall–Kier alpha value is -0.470. The molecule has 0 aliphatic carbocycles. The van der Waals surface area contributed by atoms with Crippen LogP contribution in [0.3, 0.4) is 0 Å². The van der Waals surface area contributed by atoms with Crippen molar-refractivity contribution in [3.05, 3.63) is 30.3 Å². The number of unbranched alkanes of at least 4 members (excludes halogenated alkanes) is 3. The largest absolute Gasteiger partial charge is 0.393 e. The molecule has 0 aliphatic heterocycles. The number of aliphatic hydroxyl groups is 1. The highest BCUT2D eigenvalue weighted by atomic mass is 32.2. The first-order valence-corrected chi connectivity index (χ1v) is 7.67. The van der Waals surface area contributed by atoms with Gasteiger partial charge < -0.3 is 5.11 Å². The average Bonchev–Trinajstić information content (AvgIpc) is 2.36. The van der Waals surface area contributed by atoms with Crippen molar-refractivity contribution in [2.75, 3.05) is 5.75 Å². The molecule has 1 rings (SSSR count). The van der Waals surface area contributed by atoms with Crippen molar-refractivity contribution in [2.45, 2.75) is 56.4 Å². The fourth-order valence-corrected chi connectivity index (χ4v) is 2.76. The van der Waals surface area contributed by atoms with E-state index in [2.05, 4.69) is 31.2 Å². The molecule has 0 saturated carbocycles. The maximum atomic E-state index is 9.81. The number of hydrogen-bond donors (Lipinski definition) is 1. The second-order valence-electron chi connectivity index (χ2n) is 4.45. The fourth-order valence-electron chi connectivity index (χ4n) is 1.78. The summed E-state index contributed by atoms with van der Waals surface area (Å²) in [4.78, 5) is 1.30. The van der Waals surface area contributed by atoms with Gasteiger partial charge >= 0.3 is 0 Å². The lowest BCUT2D eigenvalue weighted by Gasteiger charge is -2.09. The quantitative estimate of drug-likeness (QED) is 0.516. The summed E-state index contributed by atoms with van der Waals surface area (Å²) in [6.45, 7) is 2.22. The highest BCUT2D eigenvalue weighted by molar-refractivity contribution is 7.99. The zero-order valence-corrected chi connectivity index (χ0v) is 11.6. The van der Waals surface area contributed by atoms with Crippen LogP contribution in [0.1, 0.15) is 45.4 Å². The van der Waals surface area contributed by atoms with Crippen LogP contribution in [0.4, 0.5) is 0 Å². The van der Waals surface area contributed by atoms with Crippen LogP contribution in [-0.4, -0.2) is 17.0 Å². The molecule has 1 aromatic carbocycles. The van der Waals surface area contributed by atoms with Gasteiger partial charge in [-0.25, -0.2) is 0 Å². The average molecular weight is 252 g/mol. The Kier molecular flexibility index (Phi) is 8.20. The van der Waals surface area contributed by atoms with Crippen LogP contribution in [0.2, 0.25) is 0 Å². The van der Waals surface area contributed by atoms with E-state index in [1.165, 1.54) is 30.6 Å². The highest BCUT2D eigenvalue weighted by Gasteiger charge is 2.03. The van der Waals surface area contributed by atoms with Crippen LogP contribution >= 0.6 is 11.8 Å². The third kappa shape index (κ3) is 7.45. The Morgan fingerprint density at radius 2 is 1.82 bits per heavy atom. The van der Waals surface area contributed by atoms with E-state index in [9.17, 15) is 5.11 Å². The molecule has 2 heteroatoms. The molecule has 17 heavy (non-hydrogen) atoms. The second-order valence-corrected chi connectivity index (χ2v) is 5.62. The number of thioether (sulfide) groups is 1. The van der Waals surface area contributed by atoms with Gasteiger partial charge in [0.05, 0.1) is 6.10 Å². The molecule has 1 nitrogen and oxygen atoms in total. The van der Waals surface area contributed by atoms with Gasteiger partial charge in [-0.05, 0) is 25.0 Å². The first-order chi connectivity index (χ1) is 8.33. The molecule has 0 bridgehead atoms. The predicted octanol–water partition coefficient (Wildman–Crippen LogP) is 4.50. The topological polar surface area (TPSA) is 20.2 Å². The van der Waals surface area contributed by atoms with Crippen molar-refractivity contribution >= 4 is 11.8 Å². The van der Waals surface area contributed by atoms with E-state index in [0.717, 1.165) is 18.6 Å². The van der Waals surface area contributed by atoms with Crippen molar-refractivity contribution in [3.63, 3.8) is 0 Å². The summed E-state index contributed by atoms with van der Waals surface area (Å²) < 4.78 is 0. The SMILES string of the molecule is CCCCCCC(O)CCSc1ccccc1. The third-order valence-electron chi connectivity index (χ3n) is 2.85. The predicted molar refractivity (Wildman–Crippen MR) is 76.5 cm³/mol. The molecule has 0 fully saturated rings. The van der Waals surface area contributed by atoms with Gasteiger partial charge in [-0.2, -0.15) is 0 Å². The molecule has 1 N–H and O–H groups in total. The number of aliphatic hydroxyl groups excluding tert-OH is 1. The Balaban J connectivity index is 2.02. The van der Waals surface area contributed by atoms with Crippen molar-refractivity contribution in [1.82, 2.24) is 0 Å². The highest BCUT2D eigenvalue weighted by Crippen LogP contribution is 2.19. The van der Waals surface area contributed by atoms with E-state index in [-0.39, 0.29) is 6.10 Å². The Morgan fingerprint density at radius 3 is 2.53 bits per heavy atom. The van der Waals surface area contributed by atoms with Crippen molar-refractivity contribution in [2.24, 2.45) is 0 Å². The molecule has 0 spiro atoms. The monoisotopic (exact) mass is 252 g/mol. The van der Waals surface area contributed by atoms with E-state index in [1.807, 2.05) is 17.8 Å². The Morgan fingerprint density at radius 1 is 1.06 bits per heavy atom. The van der Waals surface area contributed by atoms with Gasteiger partial charge in [0, 0.05) is 10.6 Å². The maximum Gasteiger partial charge on any atom is 0.0548 e. The van der Waals surface area contributed by atoms with Crippen molar-refractivity contribution < 1.29 is 5.11 Å². The molecule has 0 saturated heterocycles. The molecule has 0 radical (unpaired) electrons. The Labute approximate surface area is 110 Å². The lowest BCUT2D eigenvalue weighted by atomic mass is 10.1. The second kappa shape index (κ2) is 9.55. The molecule has 1 atom stereocenters. The van der Waals surface area contributed by atoms with Gasteiger partial charge in [-0.1, -0.05) is 50.8 Å². The van der Waals surface area contributed by atoms with Gasteiger partial charge in [0.25, 0.3) is 0 Å². The van der Waals surface area contributed by atoms with Crippen molar-refractivity contribution in [3.8, 4) is 0 Å². The minimum absolute atomic E-state index is 0.108. The summed E-state index contributed by atoms with van der Waals surface area (Å²) in [6, 6.07) is 10.4. The maximum absolute atomic E-state index is 9.81. The summed E-state index contributed by atoms with van der Waals surface area (Å²) in [7, 11) is 0. The van der Waals surface area contributed by atoms with E-state index < -0.39 is 0 Å². The lowest BCUT2D eigenvalue weighted by Crippen LogP contribution is -2.07.